The van der Waals surface area contributed by atoms with E-state index in [1.807, 2.05) is 13.0 Å². The molecule has 0 saturated carbocycles. The molecule has 0 aliphatic carbocycles. The van der Waals surface area contributed by atoms with Crippen molar-refractivity contribution in [1.29, 1.82) is 0 Å². The molecular weight excluding hydrogens is 312 g/mol. The number of benzene rings is 1. The summed E-state index contributed by atoms with van der Waals surface area (Å²) in [6.45, 7) is 6.80. The zero-order valence-corrected chi connectivity index (χ0v) is 14.4. The van der Waals surface area contributed by atoms with Gasteiger partial charge in [-0.1, -0.05) is 31.5 Å². The maximum Gasteiger partial charge on any atom is 0.251 e. The Morgan fingerprint density at radius 2 is 2.17 bits per heavy atom. The van der Waals surface area contributed by atoms with Crippen molar-refractivity contribution in [1.82, 2.24) is 20.1 Å². The lowest BCUT2D eigenvalue weighted by Crippen LogP contribution is -2.41. The molecule has 2 heterocycles. The number of rotatable bonds is 3. The Balaban J connectivity index is 1.75. The van der Waals surface area contributed by atoms with Gasteiger partial charge >= 0.3 is 0 Å². The molecule has 5 nitrogen and oxygen atoms in total. The van der Waals surface area contributed by atoms with Gasteiger partial charge in [0.05, 0.1) is 0 Å². The van der Waals surface area contributed by atoms with Gasteiger partial charge in [0.2, 0.25) is 0 Å². The van der Waals surface area contributed by atoms with E-state index < -0.39 is 0 Å². The smallest absolute Gasteiger partial charge is 0.251 e. The Labute approximate surface area is 141 Å². The van der Waals surface area contributed by atoms with Gasteiger partial charge < -0.3 is 9.88 Å². The predicted molar refractivity (Wildman–Crippen MR) is 89.9 cm³/mol. The summed E-state index contributed by atoms with van der Waals surface area (Å²) in [6.07, 6.45) is 1.71. The van der Waals surface area contributed by atoms with Crippen LogP contribution in [0.3, 0.4) is 0 Å². The molecule has 1 aliphatic heterocycles. The molecule has 6 heteroatoms. The molecule has 1 aromatic carbocycles. The van der Waals surface area contributed by atoms with Crippen LogP contribution in [-0.2, 0) is 13.0 Å². The number of fused-ring (bicyclic) bond motifs is 1. The number of nitrogens with one attached hydrogen (secondary N) is 1. The molecule has 0 bridgehead atoms. The molecular formula is C17H21ClN4O. The minimum Gasteiger partial charge on any atom is -0.347 e. The fourth-order valence-electron chi connectivity index (χ4n) is 3.01. The number of amides is 1. The summed E-state index contributed by atoms with van der Waals surface area (Å²) >= 11 is 6.11. The van der Waals surface area contributed by atoms with Gasteiger partial charge in [-0.2, -0.15) is 0 Å². The second kappa shape index (κ2) is 6.32. The van der Waals surface area contributed by atoms with Crippen molar-refractivity contribution < 1.29 is 4.79 Å². The molecule has 1 unspecified atom stereocenters. The van der Waals surface area contributed by atoms with Crippen molar-refractivity contribution >= 4 is 17.5 Å². The first-order valence-electron chi connectivity index (χ1n) is 7.95. The van der Waals surface area contributed by atoms with Crippen LogP contribution in [0.2, 0.25) is 5.02 Å². The van der Waals surface area contributed by atoms with Gasteiger partial charge in [0.15, 0.2) is 0 Å². The lowest BCUT2D eigenvalue weighted by atomic mass is 10.0. The highest BCUT2D eigenvalue weighted by Gasteiger charge is 2.25. The Morgan fingerprint density at radius 3 is 2.91 bits per heavy atom. The molecule has 3 rings (SSSR count). The van der Waals surface area contributed by atoms with E-state index in [0.29, 0.717) is 16.5 Å². The Kier molecular flexibility index (Phi) is 4.39. The molecule has 1 aromatic heterocycles. The summed E-state index contributed by atoms with van der Waals surface area (Å²) in [5.74, 6) is 2.24. The first-order valence-corrected chi connectivity index (χ1v) is 8.33. The lowest BCUT2D eigenvalue weighted by Gasteiger charge is -2.26. The van der Waals surface area contributed by atoms with E-state index >= 15 is 0 Å². The zero-order chi connectivity index (χ0) is 16.6. The molecule has 1 atom stereocenters. The van der Waals surface area contributed by atoms with Crippen molar-refractivity contribution in [2.75, 3.05) is 0 Å². The minimum absolute atomic E-state index is 0.0716. The van der Waals surface area contributed by atoms with Crippen LogP contribution in [0.1, 0.15) is 53.8 Å². The third kappa shape index (κ3) is 3.11. The Bertz CT molecular complexity index is 738. The van der Waals surface area contributed by atoms with Crippen LogP contribution in [0.5, 0.6) is 0 Å². The van der Waals surface area contributed by atoms with Crippen LogP contribution in [0.15, 0.2) is 18.2 Å². The van der Waals surface area contributed by atoms with E-state index in [1.165, 1.54) is 0 Å². The van der Waals surface area contributed by atoms with Gasteiger partial charge in [0.25, 0.3) is 5.91 Å². The van der Waals surface area contributed by atoms with Crippen molar-refractivity contribution in [2.45, 2.75) is 52.1 Å². The van der Waals surface area contributed by atoms with Crippen LogP contribution < -0.4 is 5.32 Å². The predicted octanol–water partition coefficient (Wildman–Crippen LogP) is 3.11. The Morgan fingerprint density at radius 1 is 1.39 bits per heavy atom. The van der Waals surface area contributed by atoms with E-state index in [2.05, 4.69) is 33.9 Å². The molecule has 23 heavy (non-hydrogen) atoms. The quantitative estimate of drug-likeness (QED) is 0.939. The second-order valence-corrected chi connectivity index (χ2v) is 6.77. The largest absolute Gasteiger partial charge is 0.347 e. The first kappa shape index (κ1) is 16.0. The molecule has 0 saturated heterocycles. The summed E-state index contributed by atoms with van der Waals surface area (Å²) in [6, 6.07) is 5.50. The number of carbonyl (C=O) groups is 1. The van der Waals surface area contributed by atoms with E-state index in [9.17, 15) is 4.79 Å². The topological polar surface area (TPSA) is 59.8 Å². The highest BCUT2D eigenvalue weighted by atomic mass is 35.5. The van der Waals surface area contributed by atoms with Crippen LogP contribution in [0.4, 0.5) is 0 Å². The number of aromatic nitrogens is 3. The monoisotopic (exact) mass is 332 g/mol. The zero-order valence-electron chi connectivity index (χ0n) is 13.6. The van der Waals surface area contributed by atoms with Gasteiger partial charge in [0.1, 0.15) is 11.6 Å². The van der Waals surface area contributed by atoms with E-state index in [1.54, 1.807) is 12.1 Å². The first-order chi connectivity index (χ1) is 11.0. The summed E-state index contributed by atoms with van der Waals surface area (Å²) < 4.78 is 2.14. The average molecular weight is 333 g/mol. The molecule has 1 aliphatic rings. The SMILES string of the molecule is Cc1c(Cl)cccc1C(=O)NC1CCc2nnc(C(C)C)n2C1. The van der Waals surface area contributed by atoms with Gasteiger partial charge in [-0.25, -0.2) is 0 Å². The van der Waals surface area contributed by atoms with Crippen molar-refractivity contribution in [3.63, 3.8) is 0 Å². The van der Waals surface area contributed by atoms with Crippen LogP contribution in [0.25, 0.3) is 0 Å². The summed E-state index contributed by atoms with van der Waals surface area (Å²) in [7, 11) is 0. The van der Waals surface area contributed by atoms with Gasteiger partial charge in [-0.15, -0.1) is 10.2 Å². The fraction of sp³-hybridized carbons (Fsp3) is 0.471. The lowest BCUT2D eigenvalue weighted by molar-refractivity contribution is 0.0926. The summed E-state index contributed by atoms with van der Waals surface area (Å²) in [4.78, 5) is 12.5. The van der Waals surface area contributed by atoms with Crippen molar-refractivity contribution in [3.8, 4) is 0 Å². The molecule has 0 spiro atoms. The maximum atomic E-state index is 12.5. The number of halogens is 1. The minimum atomic E-state index is -0.0716. The van der Waals surface area contributed by atoms with E-state index in [4.69, 9.17) is 11.6 Å². The maximum absolute atomic E-state index is 12.5. The van der Waals surface area contributed by atoms with Crippen molar-refractivity contribution in [3.05, 3.63) is 46.0 Å². The summed E-state index contributed by atoms with van der Waals surface area (Å²) in [5, 5.41) is 12.3. The van der Waals surface area contributed by atoms with Gasteiger partial charge in [0, 0.05) is 35.5 Å². The van der Waals surface area contributed by atoms with Crippen molar-refractivity contribution in [2.24, 2.45) is 0 Å². The number of nitrogens with zero attached hydrogens (tertiary/aromatic N) is 3. The third-order valence-corrected chi connectivity index (χ3v) is 4.75. The molecule has 0 fully saturated rings. The second-order valence-electron chi connectivity index (χ2n) is 6.36. The normalized spacial score (nSPS) is 17.2. The molecule has 2 aromatic rings. The molecule has 1 amide bonds. The van der Waals surface area contributed by atoms with Crippen LogP contribution >= 0.6 is 11.6 Å². The summed E-state index contributed by atoms with van der Waals surface area (Å²) in [5.41, 5.74) is 1.45. The van der Waals surface area contributed by atoms with E-state index in [-0.39, 0.29) is 11.9 Å². The average Bonchev–Trinajstić information content (AvgIpc) is 2.93. The van der Waals surface area contributed by atoms with Crippen LogP contribution in [-0.4, -0.2) is 26.7 Å². The standard InChI is InChI=1S/C17H21ClN4O/c1-10(2)16-21-20-15-8-7-12(9-22(15)16)19-17(23)13-5-4-6-14(18)11(13)3/h4-6,10,12H,7-9H2,1-3H3,(H,19,23). The number of hydrogen-bond donors (Lipinski definition) is 1. The molecule has 1 N–H and O–H groups in total. The third-order valence-electron chi connectivity index (χ3n) is 4.34. The van der Waals surface area contributed by atoms with Gasteiger partial charge in [-0.3, -0.25) is 4.79 Å². The number of aryl methyl sites for hydroxylation is 1. The molecule has 122 valence electrons. The Hall–Kier alpha value is -1.88. The van der Waals surface area contributed by atoms with Crippen LogP contribution in [0, 0.1) is 6.92 Å². The highest BCUT2D eigenvalue weighted by molar-refractivity contribution is 6.31. The van der Waals surface area contributed by atoms with E-state index in [0.717, 1.165) is 36.6 Å². The molecule has 0 radical (unpaired) electrons. The number of carbonyl (C=O) groups excluding carboxylic acids is 1. The fourth-order valence-corrected chi connectivity index (χ4v) is 3.18. The highest BCUT2D eigenvalue weighted by Crippen LogP contribution is 2.22. The van der Waals surface area contributed by atoms with Gasteiger partial charge in [-0.05, 0) is 31.0 Å². The number of hydrogen-bond acceptors (Lipinski definition) is 3.